The van der Waals surface area contributed by atoms with Crippen LogP contribution >= 0.6 is 0 Å². The fraction of sp³-hybridized carbons (Fsp3) is 0.318. The van der Waals surface area contributed by atoms with E-state index in [1.165, 1.54) is 11.1 Å². The van der Waals surface area contributed by atoms with Crippen molar-refractivity contribution >= 4 is 23.4 Å². The molecule has 1 unspecified atom stereocenters. The maximum atomic E-state index is 13.2. The van der Waals surface area contributed by atoms with Crippen molar-refractivity contribution < 1.29 is 14.4 Å². The Morgan fingerprint density at radius 1 is 1.03 bits per heavy atom. The van der Waals surface area contributed by atoms with Gasteiger partial charge in [0.15, 0.2) is 0 Å². The third-order valence-corrected chi connectivity index (χ3v) is 6.00. The van der Waals surface area contributed by atoms with E-state index in [0.29, 0.717) is 25.1 Å². The number of nitrogens with one attached hydrogen (secondary N) is 3. The first-order valence-corrected chi connectivity index (χ1v) is 9.92. The standard InChI is InChI=1S/C22H22N4O3/c27-19-8-7-18(21(28)25-19)26-12-15-5-1-4-14(20(15)22(26)29)10-24-17-6-2-3-13-9-23-11-16(13)17/h1-6,18,23-24H,7-12H2,(H,25,27,28). The second kappa shape index (κ2) is 7.00. The summed E-state index contributed by atoms with van der Waals surface area (Å²) >= 11 is 0. The molecular weight excluding hydrogens is 368 g/mol. The normalized spacial score (nSPS) is 20.5. The molecule has 2 aromatic carbocycles. The molecule has 29 heavy (non-hydrogen) atoms. The zero-order valence-corrected chi connectivity index (χ0v) is 16.0. The summed E-state index contributed by atoms with van der Waals surface area (Å²) in [5.41, 5.74) is 6.18. The van der Waals surface area contributed by atoms with E-state index >= 15 is 0 Å². The molecule has 1 fully saturated rings. The highest BCUT2D eigenvalue weighted by Gasteiger charge is 2.39. The number of benzene rings is 2. The summed E-state index contributed by atoms with van der Waals surface area (Å²) in [5.74, 6) is -0.786. The highest BCUT2D eigenvalue weighted by Crippen LogP contribution is 2.31. The molecule has 0 bridgehead atoms. The van der Waals surface area contributed by atoms with Crippen LogP contribution in [0.4, 0.5) is 5.69 Å². The van der Waals surface area contributed by atoms with Crippen LogP contribution in [-0.2, 0) is 35.8 Å². The van der Waals surface area contributed by atoms with Crippen LogP contribution in [0.1, 0.15) is 45.5 Å². The molecule has 0 aliphatic carbocycles. The van der Waals surface area contributed by atoms with Crippen LogP contribution in [0.2, 0.25) is 0 Å². The second-order valence-corrected chi connectivity index (χ2v) is 7.75. The summed E-state index contributed by atoms with van der Waals surface area (Å²) in [6.45, 7) is 2.66. The van der Waals surface area contributed by atoms with E-state index in [-0.39, 0.29) is 24.1 Å². The van der Waals surface area contributed by atoms with Gasteiger partial charge in [0.2, 0.25) is 11.8 Å². The van der Waals surface area contributed by atoms with Gasteiger partial charge < -0.3 is 15.5 Å². The highest BCUT2D eigenvalue weighted by atomic mass is 16.2. The maximum Gasteiger partial charge on any atom is 0.255 e. The van der Waals surface area contributed by atoms with E-state index in [0.717, 1.165) is 29.9 Å². The molecule has 7 nitrogen and oxygen atoms in total. The summed E-state index contributed by atoms with van der Waals surface area (Å²) in [5, 5.41) is 9.20. The summed E-state index contributed by atoms with van der Waals surface area (Å²) in [4.78, 5) is 38.5. The number of carbonyl (C=O) groups excluding carboxylic acids is 3. The molecule has 0 radical (unpaired) electrons. The lowest BCUT2D eigenvalue weighted by Crippen LogP contribution is -2.52. The number of carbonyl (C=O) groups is 3. The molecule has 3 heterocycles. The van der Waals surface area contributed by atoms with Crippen molar-refractivity contribution in [2.75, 3.05) is 5.32 Å². The average Bonchev–Trinajstić information content (AvgIpc) is 3.32. The second-order valence-electron chi connectivity index (χ2n) is 7.75. The van der Waals surface area contributed by atoms with Crippen molar-refractivity contribution in [2.45, 2.75) is 45.1 Å². The zero-order valence-electron chi connectivity index (χ0n) is 16.0. The van der Waals surface area contributed by atoms with Gasteiger partial charge in [-0.2, -0.15) is 0 Å². The summed E-state index contributed by atoms with van der Waals surface area (Å²) < 4.78 is 0. The number of piperidine rings is 1. The number of hydrogen-bond acceptors (Lipinski definition) is 5. The van der Waals surface area contributed by atoms with Gasteiger partial charge in [-0.1, -0.05) is 30.3 Å². The molecule has 148 valence electrons. The smallest absolute Gasteiger partial charge is 0.255 e. The maximum absolute atomic E-state index is 13.2. The van der Waals surface area contributed by atoms with Gasteiger partial charge in [0, 0.05) is 43.9 Å². The third-order valence-electron chi connectivity index (χ3n) is 6.00. The van der Waals surface area contributed by atoms with E-state index < -0.39 is 6.04 Å². The zero-order chi connectivity index (χ0) is 20.0. The molecule has 3 N–H and O–H groups in total. The minimum atomic E-state index is -0.586. The topological polar surface area (TPSA) is 90.5 Å². The molecule has 5 rings (SSSR count). The Bertz CT molecular complexity index is 1030. The Morgan fingerprint density at radius 2 is 1.86 bits per heavy atom. The van der Waals surface area contributed by atoms with Gasteiger partial charge in [-0.25, -0.2) is 0 Å². The first kappa shape index (κ1) is 17.9. The Balaban J connectivity index is 1.37. The van der Waals surface area contributed by atoms with Gasteiger partial charge in [-0.15, -0.1) is 0 Å². The Hall–Kier alpha value is -3.19. The molecule has 0 saturated carbocycles. The third kappa shape index (κ3) is 3.07. The van der Waals surface area contributed by atoms with Gasteiger partial charge in [0.25, 0.3) is 5.91 Å². The van der Waals surface area contributed by atoms with Crippen LogP contribution in [0.15, 0.2) is 36.4 Å². The fourth-order valence-corrected chi connectivity index (χ4v) is 4.52. The molecule has 3 aliphatic heterocycles. The SMILES string of the molecule is O=C1CCC(N2Cc3cccc(CNc4cccc5c4CNC5)c3C2=O)C(=O)N1. The predicted molar refractivity (Wildman–Crippen MR) is 107 cm³/mol. The average molecular weight is 390 g/mol. The van der Waals surface area contributed by atoms with Crippen molar-refractivity contribution in [3.63, 3.8) is 0 Å². The minimum Gasteiger partial charge on any atom is -0.381 e. The monoisotopic (exact) mass is 390 g/mol. The molecule has 0 aromatic heterocycles. The van der Waals surface area contributed by atoms with Gasteiger partial charge in [0.1, 0.15) is 6.04 Å². The molecule has 1 atom stereocenters. The van der Waals surface area contributed by atoms with Crippen LogP contribution in [0, 0.1) is 0 Å². The number of rotatable bonds is 4. The number of amides is 3. The number of imide groups is 1. The van der Waals surface area contributed by atoms with Gasteiger partial charge in [0.05, 0.1) is 0 Å². The molecule has 1 saturated heterocycles. The quantitative estimate of drug-likeness (QED) is 0.691. The number of anilines is 1. The van der Waals surface area contributed by atoms with E-state index in [2.05, 4.69) is 28.1 Å². The lowest BCUT2D eigenvalue weighted by Gasteiger charge is -2.29. The number of fused-ring (bicyclic) bond motifs is 2. The summed E-state index contributed by atoms with van der Waals surface area (Å²) in [7, 11) is 0. The Morgan fingerprint density at radius 3 is 2.72 bits per heavy atom. The van der Waals surface area contributed by atoms with Crippen molar-refractivity contribution in [1.29, 1.82) is 0 Å². The van der Waals surface area contributed by atoms with Crippen LogP contribution in [-0.4, -0.2) is 28.7 Å². The lowest BCUT2D eigenvalue weighted by molar-refractivity contribution is -0.136. The van der Waals surface area contributed by atoms with E-state index in [1.807, 2.05) is 24.3 Å². The van der Waals surface area contributed by atoms with Gasteiger partial charge >= 0.3 is 0 Å². The van der Waals surface area contributed by atoms with E-state index in [4.69, 9.17) is 0 Å². The minimum absolute atomic E-state index is 0.133. The first-order valence-electron chi connectivity index (χ1n) is 9.92. The van der Waals surface area contributed by atoms with Gasteiger partial charge in [-0.05, 0) is 34.7 Å². The molecule has 3 aliphatic rings. The largest absolute Gasteiger partial charge is 0.381 e. The number of nitrogens with zero attached hydrogens (tertiary/aromatic N) is 1. The summed E-state index contributed by atoms with van der Waals surface area (Å²) in [6.07, 6.45) is 0.638. The summed E-state index contributed by atoms with van der Waals surface area (Å²) in [6, 6.07) is 11.5. The molecule has 2 aromatic rings. The van der Waals surface area contributed by atoms with Crippen molar-refractivity contribution in [3.8, 4) is 0 Å². The van der Waals surface area contributed by atoms with Crippen molar-refractivity contribution in [1.82, 2.24) is 15.5 Å². The van der Waals surface area contributed by atoms with Crippen LogP contribution < -0.4 is 16.0 Å². The fourth-order valence-electron chi connectivity index (χ4n) is 4.52. The first-order chi connectivity index (χ1) is 14.1. The lowest BCUT2D eigenvalue weighted by atomic mass is 10.0. The van der Waals surface area contributed by atoms with Gasteiger partial charge in [-0.3, -0.25) is 19.7 Å². The van der Waals surface area contributed by atoms with Crippen molar-refractivity contribution in [3.05, 3.63) is 64.2 Å². The van der Waals surface area contributed by atoms with E-state index in [9.17, 15) is 14.4 Å². The molecular formula is C22H22N4O3. The predicted octanol–water partition coefficient (Wildman–Crippen LogP) is 1.66. The van der Waals surface area contributed by atoms with Crippen LogP contribution in [0.25, 0.3) is 0 Å². The molecule has 7 heteroatoms. The molecule has 0 spiro atoms. The molecule has 3 amide bonds. The van der Waals surface area contributed by atoms with E-state index in [1.54, 1.807) is 4.90 Å². The Labute approximate surface area is 168 Å². The Kier molecular flexibility index (Phi) is 4.32. The number of hydrogen-bond donors (Lipinski definition) is 3. The van der Waals surface area contributed by atoms with Crippen molar-refractivity contribution in [2.24, 2.45) is 0 Å². The van der Waals surface area contributed by atoms with Crippen LogP contribution in [0.5, 0.6) is 0 Å². The van der Waals surface area contributed by atoms with Crippen LogP contribution in [0.3, 0.4) is 0 Å². The highest BCUT2D eigenvalue weighted by molar-refractivity contribution is 6.06.